The molecule has 0 radical (unpaired) electrons. The summed E-state index contributed by atoms with van der Waals surface area (Å²) in [7, 11) is 1.75. The zero-order valence-corrected chi connectivity index (χ0v) is 14.3. The molecule has 0 saturated carbocycles. The number of carbonyl (C=O) groups is 1. The predicted molar refractivity (Wildman–Crippen MR) is 99.0 cm³/mol. The first kappa shape index (κ1) is 17.0. The summed E-state index contributed by atoms with van der Waals surface area (Å²) in [5, 5.41) is 9.55. The van der Waals surface area contributed by atoms with Crippen molar-refractivity contribution >= 4 is 11.9 Å². The number of piperidine rings is 1. The minimum atomic E-state index is 0.118. The summed E-state index contributed by atoms with van der Waals surface area (Å²) >= 11 is 0. The number of nitrogens with zero attached hydrogens (tertiary/aromatic N) is 2. The summed E-state index contributed by atoms with van der Waals surface area (Å²) in [6.45, 7) is 1.30. The lowest BCUT2D eigenvalue weighted by Crippen LogP contribution is -2.51. The second kappa shape index (κ2) is 8.28. The fraction of sp³-hybridized carbons (Fsp3) is 0.316. The molecule has 0 bridgehead atoms. The van der Waals surface area contributed by atoms with Crippen LogP contribution in [0.1, 0.15) is 18.4 Å². The SMILES string of the molecule is CN=C(NCc1cccc(-c2ccccn2)c1)NC1CCC(=O)NC1. The van der Waals surface area contributed by atoms with E-state index in [1.54, 1.807) is 13.2 Å². The molecule has 25 heavy (non-hydrogen) atoms. The Bertz CT molecular complexity index is 734. The number of hydrogen-bond donors (Lipinski definition) is 3. The number of aromatic nitrogens is 1. The van der Waals surface area contributed by atoms with Gasteiger partial charge in [-0.2, -0.15) is 0 Å². The lowest BCUT2D eigenvalue weighted by Gasteiger charge is -2.25. The molecule has 3 N–H and O–H groups in total. The Labute approximate surface area is 147 Å². The number of amides is 1. The van der Waals surface area contributed by atoms with Gasteiger partial charge in [0.25, 0.3) is 0 Å². The molecule has 1 fully saturated rings. The minimum absolute atomic E-state index is 0.118. The Morgan fingerprint density at radius 1 is 1.32 bits per heavy atom. The maximum Gasteiger partial charge on any atom is 0.220 e. The average molecular weight is 337 g/mol. The van der Waals surface area contributed by atoms with Gasteiger partial charge in [-0.25, -0.2) is 0 Å². The zero-order chi connectivity index (χ0) is 17.5. The van der Waals surface area contributed by atoms with Crippen molar-refractivity contribution in [2.75, 3.05) is 13.6 Å². The van der Waals surface area contributed by atoms with Crippen LogP contribution in [0.3, 0.4) is 0 Å². The van der Waals surface area contributed by atoms with Crippen molar-refractivity contribution in [2.45, 2.75) is 25.4 Å². The molecule has 1 aliphatic heterocycles. The number of rotatable bonds is 4. The van der Waals surface area contributed by atoms with E-state index in [0.29, 0.717) is 19.5 Å². The Morgan fingerprint density at radius 3 is 2.96 bits per heavy atom. The molecule has 1 aromatic carbocycles. The van der Waals surface area contributed by atoms with Gasteiger partial charge >= 0.3 is 0 Å². The van der Waals surface area contributed by atoms with Crippen LogP contribution in [0.4, 0.5) is 0 Å². The van der Waals surface area contributed by atoms with E-state index in [-0.39, 0.29) is 11.9 Å². The lowest BCUT2D eigenvalue weighted by molar-refractivity contribution is -0.122. The number of pyridine rings is 1. The standard InChI is InChI=1S/C19H23N5O/c1-20-19(24-16-8-9-18(25)22-13-16)23-12-14-5-4-6-15(11-14)17-7-2-3-10-21-17/h2-7,10-11,16H,8-9,12-13H2,1H3,(H,22,25)(H2,20,23,24). The molecule has 0 aliphatic carbocycles. The highest BCUT2D eigenvalue weighted by atomic mass is 16.1. The second-order valence-electron chi connectivity index (χ2n) is 6.03. The maximum atomic E-state index is 11.2. The van der Waals surface area contributed by atoms with Gasteiger partial charge in [0.2, 0.25) is 5.91 Å². The molecule has 6 heteroatoms. The van der Waals surface area contributed by atoms with Crippen molar-refractivity contribution in [3.63, 3.8) is 0 Å². The van der Waals surface area contributed by atoms with E-state index in [1.807, 2.05) is 24.3 Å². The molecule has 1 aliphatic rings. The van der Waals surface area contributed by atoms with E-state index >= 15 is 0 Å². The third-order valence-electron chi connectivity index (χ3n) is 4.18. The first-order valence-electron chi connectivity index (χ1n) is 8.49. The van der Waals surface area contributed by atoms with Crippen molar-refractivity contribution < 1.29 is 4.79 Å². The van der Waals surface area contributed by atoms with E-state index in [9.17, 15) is 4.79 Å². The monoisotopic (exact) mass is 337 g/mol. The van der Waals surface area contributed by atoms with Crippen molar-refractivity contribution in [1.29, 1.82) is 0 Å². The van der Waals surface area contributed by atoms with Crippen molar-refractivity contribution in [3.05, 3.63) is 54.2 Å². The molecule has 3 rings (SSSR count). The molecular weight excluding hydrogens is 314 g/mol. The first-order valence-corrected chi connectivity index (χ1v) is 8.49. The van der Waals surface area contributed by atoms with Crippen LogP contribution < -0.4 is 16.0 Å². The van der Waals surface area contributed by atoms with Crippen molar-refractivity contribution in [3.8, 4) is 11.3 Å². The quantitative estimate of drug-likeness (QED) is 0.586. The highest BCUT2D eigenvalue weighted by Crippen LogP contribution is 2.17. The predicted octanol–water partition coefficient (Wildman–Crippen LogP) is 1.69. The van der Waals surface area contributed by atoms with E-state index in [0.717, 1.165) is 29.2 Å². The van der Waals surface area contributed by atoms with Crippen LogP contribution in [0.15, 0.2) is 53.7 Å². The molecular formula is C19H23N5O. The molecule has 130 valence electrons. The maximum absolute atomic E-state index is 11.2. The van der Waals surface area contributed by atoms with Gasteiger partial charge in [-0.05, 0) is 30.2 Å². The van der Waals surface area contributed by atoms with Crippen LogP contribution in [0.2, 0.25) is 0 Å². The van der Waals surface area contributed by atoms with Crippen molar-refractivity contribution in [2.24, 2.45) is 4.99 Å². The molecule has 1 saturated heterocycles. The Balaban J connectivity index is 1.58. The lowest BCUT2D eigenvalue weighted by atomic mass is 10.1. The van der Waals surface area contributed by atoms with Gasteiger partial charge in [-0.3, -0.25) is 14.8 Å². The van der Waals surface area contributed by atoms with Crippen LogP contribution in [0.5, 0.6) is 0 Å². The summed E-state index contributed by atoms with van der Waals surface area (Å²) in [6.07, 6.45) is 3.18. The van der Waals surface area contributed by atoms with Crippen LogP contribution in [0.25, 0.3) is 11.3 Å². The van der Waals surface area contributed by atoms with Crippen LogP contribution in [-0.2, 0) is 11.3 Å². The normalized spacial score (nSPS) is 17.7. The minimum Gasteiger partial charge on any atom is -0.354 e. The second-order valence-corrected chi connectivity index (χ2v) is 6.03. The number of aliphatic imine (C=N–C) groups is 1. The van der Waals surface area contributed by atoms with Gasteiger partial charge in [0.05, 0.1) is 5.69 Å². The van der Waals surface area contributed by atoms with Gasteiger partial charge in [-0.1, -0.05) is 24.3 Å². The summed E-state index contributed by atoms with van der Waals surface area (Å²) in [5.74, 6) is 0.858. The largest absolute Gasteiger partial charge is 0.354 e. The fourth-order valence-electron chi connectivity index (χ4n) is 2.80. The highest BCUT2D eigenvalue weighted by Gasteiger charge is 2.18. The van der Waals surface area contributed by atoms with Crippen LogP contribution in [0, 0.1) is 0 Å². The number of guanidine groups is 1. The van der Waals surface area contributed by atoms with E-state index in [1.165, 1.54) is 0 Å². The highest BCUT2D eigenvalue weighted by molar-refractivity contribution is 5.81. The van der Waals surface area contributed by atoms with Gasteiger partial charge in [0.1, 0.15) is 0 Å². The number of carbonyl (C=O) groups excluding carboxylic acids is 1. The van der Waals surface area contributed by atoms with E-state index in [4.69, 9.17) is 0 Å². The number of nitrogens with one attached hydrogen (secondary N) is 3. The molecule has 0 spiro atoms. The Morgan fingerprint density at radius 2 is 2.24 bits per heavy atom. The number of hydrogen-bond acceptors (Lipinski definition) is 3. The van der Waals surface area contributed by atoms with Gasteiger partial charge in [0, 0.05) is 44.4 Å². The third kappa shape index (κ3) is 4.79. The Hall–Kier alpha value is -2.89. The molecule has 2 heterocycles. The molecule has 6 nitrogen and oxygen atoms in total. The summed E-state index contributed by atoms with van der Waals surface area (Å²) in [4.78, 5) is 19.9. The molecule has 2 aromatic rings. The van der Waals surface area contributed by atoms with Crippen LogP contribution >= 0.6 is 0 Å². The summed E-state index contributed by atoms with van der Waals surface area (Å²) < 4.78 is 0. The van der Waals surface area contributed by atoms with E-state index in [2.05, 4.69) is 44.1 Å². The molecule has 1 amide bonds. The first-order chi connectivity index (χ1) is 12.2. The Kier molecular flexibility index (Phi) is 5.61. The fourth-order valence-corrected chi connectivity index (χ4v) is 2.80. The van der Waals surface area contributed by atoms with Crippen molar-refractivity contribution in [1.82, 2.24) is 20.9 Å². The van der Waals surface area contributed by atoms with Gasteiger partial charge in [0.15, 0.2) is 5.96 Å². The summed E-state index contributed by atoms with van der Waals surface area (Å²) in [6, 6.07) is 14.4. The molecule has 1 aromatic heterocycles. The smallest absolute Gasteiger partial charge is 0.220 e. The van der Waals surface area contributed by atoms with Gasteiger partial charge in [-0.15, -0.1) is 0 Å². The average Bonchev–Trinajstić information content (AvgIpc) is 2.67. The van der Waals surface area contributed by atoms with Crippen LogP contribution in [-0.4, -0.2) is 36.5 Å². The molecule has 1 unspecified atom stereocenters. The number of benzene rings is 1. The molecule has 1 atom stereocenters. The van der Waals surface area contributed by atoms with Gasteiger partial charge < -0.3 is 16.0 Å². The summed E-state index contributed by atoms with van der Waals surface area (Å²) in [5.41, 5.74) is 3.21. The zero-order valence-electron chi connectivity index (χ0n) is 14.3. The topological polar surface area (TPSA) is 78.4 Å². The van der Waals surface area contributed by atoms with E-state index < -0.39 is 0 Å². The third-order valence-corrected chi connectivity index (χ3v) is 4.18.